The Balaban J connectivity index is 4.46. The zero-order valence-electron chi connectivity index (χ0n) is 7.35. The van der Waals surface area contributed by atoms with Crippen molar-refractivity contribution in [3.05, 3.63) is 17.4 Å². The van der Waals surface area contributed by atoms with Crippen LogP contribution in [-0.4, -0.2) is 15.8 Å². The first kappa shape index (κ1) is 12.1. The van der Waals surface area contributed by atoms with Crippen LogP contribution in [0.4, 0.5) is 0 Å². The van der Waals surface area contributed by atoms with Gasteiger partial charge in [-0.15, -0.1) is 5.73 Å². The summed E-state index contributed by atoms with van der Waals surface area (Å²) < 4.78 is 14.0. The number of rotatable bonds is 3. The Morgan fingerprint density at radius 2 is 2.15 bits per heavy atom. The lowest BCUT2D eigenvalue weighted by Gasteiger charge is -2.02. The van der Waals surface area contributed by atoms with Gasteiger partial charge in [0.2, 0.25) is 0 Å². The summed E-state index contributed by atoms with van der Waals surface area (Å²) in [5.41, 5.74) is 2.56. The SMILES string of the molecule is CCC=C=C(C)C(=O)OP(=O)(O)O. The predicted molar refractivity (Wildman–Crippen MR) is 45.7 cm³/mol. The molecule has 0 fully saturated rings. The number of carbonyl (C=O) groups excluding carboxylic acids is 1. The lowest BCUT2D eigenvalue weighted by molar-refractivity contribution is -0.131. The van der Waals surface area contributed by atoms with Crippen LogP contribution in [0.25, 0.3) is 0 Å². The monoisotopic (exact) mass is 206 g/mol. The Kier molecular flexibility index (Phi) is 4.67. The van der Waals surface area contributed by atoms with E-state index in [2.05, 4.69) is 10.3 Å². The zero-order chi connectivity index (χ0) is 10.5. The van der Waals surface area contributed by atoms with E-state index in [0.717, 1.165) is 0 Å². The van der Waals surface area contributed by atoms with Crippen molar-refractivity contribution in [1.29, 1.82) is 0 Å². The van der Waals surface area contributed by atoms with Crippen LogP contribution in [-0.2, 0) is 13.9 Å². The molecule has 0 rings (SSSR count). The Labute approximate surface area is 76.0 Å². The molecule has 0 amide bonds. The van der Waals surface area contributed by atoms with E-state index in [1.807, 2.05) is 6.92 Å². The second-order valence-corrected chi connectivity index (χ2v) is 3.41. The van der Waals surface area contributed by atoms with Gasteiger partial charge in [-0.05, 0) is 19.4 Å². The fourth-order valence-electron chi connectivity index (χ4n) is 0.491. The maximum Gasteiger partial charge on any atom is 0.527 e. The second kappa shape index (κ2) is 5.00. The van der Waals surface area contributed by atoms with Crippen LogP contribution >= 0.6 is 7.82 Å². The minimum atomic E-state index is -4.73. The molecule has 0 unspecified atom stereocenters. The molecule has 0 bridgehead atoms. The van der Waals surface area contributed by atoms with E-state index in [4.69, 9.17) is 9.79 Å². The van der Waals surface area contributed by atoms with E-state index >= 15 is 0 Å². The maximum atomic E-state index is 10.8. The molecule has 0 aromatic heterocycles. The summed E-state index contributed by atoms with van der Waals surface area (Å²) in [6.07, 6.45) is 2.25. The van der Waals surface area contributed by atoms with Crippen LogP contribution in [0.5, 0.6) is 0 Å². The molecular formula is C7H11O5P. The highest BCUT2D eigenvalue weighted by Gasteiger charge is 2.20. The van der Waals surface area contributed by atoms with Crippen LogP contribution in [0, 0.1) is 0 Å². The third kappa shape index (κ3) is 6.31. The van der Waals surface area contributed by atoms with E-state index in [1.54, 1.807) is 6.08 Å². The molecule has 0 spiro atoms. The lowest BCUT2D eigenvalue weighted by Crippen LogP contribution is -2.02. The van der Waals surface area contributed by atoms with Crippen molar-refractivity contribution in [2.75, 3.05) is 0 Å². The van der Waals surface area contributed by atoms with Gasteiger partial charge in [0.15, 0.2) is 0 Å². The highest BCUT2D eigenvalue weighted by atomic mass is 31.2. The quantitative estimate of drug-likeness (QED) is 0.411. The summed E-state index contributed by atoms with van der Waals surface area (Å²) >= 11 is 0. The Hall–Kier alpha value is -0.860. The van der Waals surface area contributed by atoms with Gasteiger partial charge in [0, 0.05) is 0 Å². The van der Waals surface area contributed by atoms with Crippen molar-refractivity contribution in [1.82, 2.24) is 0 Å². The third-order valence-electron chi connectivity index (χ3n) is 1.03. The molecule has 0 aromatic rings. The van der Waals surface area contributed by atoms with E-state index in [1.165, 1.54) is 6.92 Å². The molecule has 0 aromatic carbocycles. The van der Waals surface area contributed by atoms with Gasteiger partial charge in [0.1, 0.15) is 0 Å². The van der Waals surface area contributed by atoms with Gasteiger partial charge >= 0.3 is 13.8 Å². The summed E-state index contributed by atoms with van der Waals surface area (Å²) in [4.78, 5) is 27.4. The van der Waals surface area contributed by atoms with Gasteiger partial charge in [-0.1, -0.05) is 6.92 Å². The van der Waals surface area contributed by atoms with E-state index in [9.17, 15) is 9.36 Å². The van der Waals surface area contributed by atoms with E-state index in [-0.39, 0.29) is 5.57 Å². The first-order chi connectivity index (χ1) is 5.87. The molecule has 0 radical (unpaired) electrons. The minimum Gasteiger partial charge on any atom is -0.367 e. The first-order valence-electron chi connectivity index (χ1n) is 3.58. The number of carbonyl (C=O) groups is 1. The molecule has 0 saturated carbocycles. The normalized spacial score (nSPS) is 10.2. The maximum absolute atomic E-state index is 10.8. The van der Waals surface area contributed by atoms with Crippen molar-refractivity contribution in [2.24, 2.45) is 0 Å². The van der Waals surface area contributed by atoms with E-state index < -0.39 is 13.8 Å². The van der Waals surface area contributed by atoms with Crippen molar-refractivity contribution in [3.8, 4) is 0 Å². The van der Waals surface area contributed by atoms with Crippen LogP contribution in [0.3, 0.4) is 0 Å². The molecule has 0 aliphatic carbocycles. The smallest absolute Gasteiger partial charge is 0.367 e. The Morgan fingerprint density at radius 3 is 2.54 bits per heavy atom. The topological polar surface area (TPSA) is 83.8 Å². The molecule has 0 heterocycles. The summed E-state index contributed by atoms with van der Waals surface area (Å²) in [6, 6.07) is 0. The number of hydrogen-bond donors (Lipinski definition) is 2. The molecule has 2 N–H and O–H groups in total. The molecule has 0 atom stereocenters. The summed E-state index contributed by atoms with van der Waals surface area (Å²) in [5.74, 6) is -1.06. The molecule has 6 heteroatoms. The largest absolute Gasteiger partial charge is 0.527 e. The van der Waals surface area contributed by atoms with Gasteiger partial charge in [-0.2, -0.15) is 0 Å². The average molecular weight is 206 g/mol. The van der Waals surface area contributed by atoms with Crippen molar-refractivity contribution < 1.29 is 23.7 Å². The number of phosphoric acid groups is 1. The lowest BCUT2D eigenvalue weighted by atomic mass is 10.3. The molecular weight excluding hydrogens is 195 g/mol. The number of hydrogen-bond acceptors (Lipinski definition) is 3. The van der Waals surface area contributed by atoms with Crippen molar-refractivity contribution >= 4 is 13.8 Å². The molecule has 0 saturated heterocycles. The Bertz CT molecular complexity index is 294. The molecule has 0 aliphatic rings. The van der Waals surface area contributed by atoms with Gasteiger partial charge in [-0.25, -0.2) is 9.36 Å². The first-order valence-corrected chi connectivity index (χ1v) is 5.11. The van der Waals surface area contributed by atoms with Crippen molar-refractivity contribution in [3.63, 3.8) is 0 Å². The fraction of sp³-hybridized carbons (Fsp3) is 0.429. The summed E-state index contributed by atoms with van der Waals surface area (Å²) in [6.45, 7) is 3.21. The van der Waals surface area contributed by atoms with Crippen LogP contribution in [0.2, 0.25) is 0 Å². The minimum absolute atomic E-state index is 0.0326. The highest BCUT2D eigenvalue weighted by Crippen LogP contribution is 2.36. The van der Waals surface area contributed by atoms with Crippen LogP contribution < -0.4 is 0 Å². The molecule has 13 heavy (non-hydrogen) atoms. The van der Waals surface area contributed by atoms with E-state index in [0.29, 0.717) is 6.42 Å². The van der Waals surface area contributed by atoms with Crippen molar-refractivity contribution in [2.45, 2.75) is 20.3 Å². The highest BCUT2D eigenvalue weighted by molar-refractivity contribution is 7.46. The standard InChI is InChI=1S/C7H11O5P/c1-3-4-5-6(2)7(8)12-13(9,10)11/h4H,3H2,1-2H3,(H2,9,10,11). The molecule has 5 nitrogen and oxygen atoms in total. The predicted octanol–water partition coefficient (Wildman–Crippen LogP) is 1.13. The fourth-order valence-corrected chi connectivity index (χ4v) is 0.843. The average Bonchev–Trinajstić information content (AvgIpc) is 1.96. The van der Waals surface area contributed by atoms with Crippen LogP contribution in [0.15, 0.2) is 17.4 Å². The van der Waals surface area contributed by atoms with Gasteiger partial charge in [0.05, 0.1) is 5.57 Å². The number of phosphoric ester groups is 1. The second-order valence-electron chi connectivity index (χ2n) is 2.25. The summed E-state index contributed by atoms with van der Waals surface area (Å²) in [5, 5.41) is 0. The Morgan fingerprint density at radius 1 is 1.62 bits per heavy atom. The van der Waals surface area contributed by atoms with Gasteiger partial charge in [0.25, 0.3) is 0 Å². The molecule has 0 aliphatic heterocycles. The summed E-state index contributed by atoms with van der Waals surface area (Å²) in [7, 11) is -4.73. The van der Waals surface area contributed by atoms with Gasteiger partial charge < -0.3 is 4.52 Å². The third-order valence-corrected chi connectivity index (χ3v) is 1.43. The molecule has 74 valence electrons. The zero-order valence-corrected chi connectivity index (χ0v) is 8.25. The van der Waals surface area contributed by atoms with Crippen LogP contribution in [0.1, 0.15) is 20.3 Å². The van der Waals surface area contributed by atoms with Gasteiger partial charge in [-0.3, -0.25) is 9.79 Å².